The van der Waals surface area contributed by atoms with Crippen molar-refractivity contribution in [1.29, 1.82) is 0 Å². The molecule has 3 rings (SSSR count). The topological polar surface area (TPSA) is 84.9 Å². The van der Waals surface area contributed by atoms with Gasteiger partial charge in [0, 0.05) is 25.2 Å². The summed E-state index contributed by atoms with van der Waals surface area (Å²) < 4.78 is 37.3. The van der Waals surface area contributed by atoms with Crippen molar-refractivity contribution in [1.82, 2.24) is 9.62 Å². The Balaban J connectivity index is 1.70. The van der Waals surface area contributed by atoms with Gasteiger partial charge in [0.15, 0.2) is 0 Å². The highest BCUT2D eigenvalue weighted by Gasteiger charge is 2.29. The zero-order valence-electron chi connectivity index (χ0n) is 15.2. The maximum absolute atomic E-state index is 12.6. The van der Waals surface area contributed by atoms with Crippen molar-refractivity contribution in [3.05, 3.63) is 40.8 Å². The Morgan fingerprint density at radius 1 is 1.15 bits per heavy atom. The number of nitrogens with one attached hydrogen (secondary N) is 1. The first-order valence-corrected chi connectivity index (χ1v) is 10.8. The molecular formula is C18H22N2O5S2. The molecule has 0 bridgehead atoms. The first-order chi connectivity index (χ1) is 13.0. The standard InChI is InChI=1S/C18H22N2O5S2/c1-24-14-5-6-15(25-2)13(11-14)12-19-18(21)16-7-8-17(26-16)27(22,23)20-9-3-4-10-20/h5-8,11H,3-4,9-10,12H2,1-2H3,(H,19,21). The van der Waals surface area contributed by atoms with Gasteiger partial charge in [0.2, 0.25) is 0 Å². The molecule has 0 atom stereocenters. The Morgan fingerprint density at radius 2 is 1.89 bits per heavy atom. The molecule has 27 heavy (non-hydrogen) atoms. The van der Waals surface area contributed by atoms with Crippen LogP contribution in [0.25, 0.3) is 0 Å². The second kappa shape index (κ2) is 8.28. The van der Waals surface area contributed by atoms with Crippen LogP contribution < -0.4 is 14.8 Å². The molecule has 0 radical (unpaired) electrons. The Hall–Kier alpha value is -2.10. The van der Waals surface area contributed by atoms with Crippen LogP contribution in [0.2, 0.25) is 0 Å². The van der Waals surface area contributed by atoms with Crippen molar-refractivity contribution in [3.63, 3.8) is 0 Å². The van der Waals surface area contributed by atoms with E-state index in [1.165, 1.54) is 10.4 Å². The molecular weight excluding hydrogens is 388 g/mol. The largest absolute Gasteiger partial charge is 0.497 e. The molecule has 0 unspecified atom stereocenters. The predicted octanol–water partition coefficient (Wildman–Crippen LogP) is 2.48. The Kier molecular flexibility index (Phi) is 6.03. The first kappa shape index (κ1) is 19.7. The van der Waals surface area contributed by atoms with E-state index >= 15 is 0 Å². The SMILES string of the molecule is COc1ccc(OC)c(CNC(=O)c2ccc(S(=O)(=O)N3CCCC3)s2)c1. The quantitative estimate of drug-likeness (QED) is 0.758. The van der Waals surface area contributed by atoms with Crippen LogP contribution in [0.4, 0.5) is 0 Å². The number of thiophene rings is 1. The fraction of sp³-hybridized carbons (Fsp3) is 0.389. The number of benzene rings is 1. The summed E-state index contributed by atoms with van der Waals surface area (Å²) in [5.41, 5.74) is 0.770. The summed E-state index contributed by atoms with van der Waals surface area (Å²) in [7, 11) is -0.378. The number of rotatable bonds is 7. The van der Waals surface area contributed by atoms with Gasteiger partial charge >= 0.3 is 0 Å². The third-order valence-corrected chi connectivity index (χ3v) is 7.84. The fourth-order valence-corrected chi connectivity index (χ4v) is 5.81. The minimum absolute atomic E-state index is 0.202. The summed E-state index contributed by atoms with van der Waals surface area (Å²) in [5, 5.41) is 2.80. The number of nitrogens with zero attached hydrogens (tertiary/aromatic N) is 1. The highest BCUT2D eigenvalue weighted by molar-refractivity contribution is 7.91. The maximum Gasteiger partial charge on any atom is 0.261 e. The lowest BCUT2D eigenvalue weighted by Crippen LogP contribution is -2.27. The molecule has 1 aromatic carbocycles. The van der Waals surface area contributed by atoms with Crippen molar-refractivity contribution in [3.8, 4) is 11.5 Å². The van der Waals surface area contributed by atoms with Crippen LogP contribution in [-0.4, -0.2) is 45.9 Å². The van der Waals surface area contributed by atoms with Gasteiger partial charge in [-0.15, -0.1) is 11.3 Å². The number of hydrogen-bond donors (Lipinski definition) is 1. The third kappa shape index (κ3) is 4.26. The maximum atomic E-state index is 12.6. The smallest absolute Gasteiger partial charge is 0.261 e. The van der Waals surface area contributed by atoms with Crippen molar-refractivity contribution >= 4 is 27.3 Å². The molecule has 9 heteroatoms. The lowest BCUT2D eigenvalue weighted by atomic mass is 10.2. The monoisotopic (exact) mass is 410 g/mol. The minimum atomic E-state index is -3.50. The molecule has 1 saturated heterocycles. The molecule has 2 aromatic rings. The molecule has 146 valence electrons. The number of carbonyl (C=O) groups is 1. The van der Waals surface area contributed by atoms with Crippen LogP contribution in [0.1, 0.15) is 28.1 Å². The van der Waals surface area contributed by atoms with Crippen molar-refractivity contribution in [2.75, 3.05) is 27.3 Å². The molecule has 2 heterocycles. The van der Waals surface area contributed by atoms with E-state index < -0.39 is 10.0 Å². The van der Waals surface area contributed by atoms with Crippen LogP contribution in [-0.2, 0) is 16.6 Å². The van der Waals surface area contributed by atoms with Crippen molar-refractivity contribution < 1.29 is 22.7 Å². The van der Waals surface area contributed by atoms with Crippen LogP contribution in [0, 0.1) is 0 Å². The van der Waals surface area contributed by atoms with E-state index in [0.717, 1.165) is 29.7 Å². The van der Waals surface area contributed by atoms with E-state index in [2.05, 4.69) is 5.32 Å². The third-order valence-electron chi connectivity index (χ3n) is 4.39. The van der Waals surface area contributed by atoms with E-state index in [0.29, 0.717) is 29.5 Å². The average Bonchev–Trinajstić information content (AvgIpc) is 3.38. The van der Waals surface area contributed by atoms with Crippen LogP contribution in [0.15, 0.2) is 34.5 Å². The molecule has 1 aromatic heterocycles. The lowest BCUT2D eigenvalue weighted by Gasteiger charge is -2.13. The zero-order chi connectivity index (χ0) is 19.4. The molecule has 0 aliphatic carbocycles. The van der Waals surface area contributed by atoms with Gasteiger partial charge in [0.25, 0.3) is 15.9 Å². The van der Waals surface area contributed by atoms with E-state index in [9.17, 15) is 13.2 Å². The minimum Gasteiger partial charge on any atom is -0.497 e. The van der Waals surface area contributed by atoms with E-state index in [4.69, 9.17) is 9.47 Å². The normalized spacial score (nSPS) is 14.9. The van der Waals surface area contributed by atoms with Crippen LogP contribution in [0.3, 0.4) is 0 Å². The molecule has 1 aliphatic rings. The summed E-state index contributed by atoms with van der Waals surface area (Å²) in [6.07, 6.45) is 1.75. The zero-order valence-corrected chi connectivity index (χ0v) is 16.9. The number of carbonyl (C=O) groups excluding carboxylic acids is 1. The van der Waals surface area contributed by atoms with E-state index in [1.807, 2.05) is 0 Å². The van der Waals surface area contributed by atoms with E-state index in [-0.39, 0.29) is 16.7 Å². The molecule has 7 nitrogen and oxygen atoms in total. The first-order valence-electron chi connectivity index (χ1n) is 8.55. The van der Waals surface area contributed by atoms with E-state index in [1.54, 1.807) is 38.5 Å². The van der Waals surface area contributed by atoms with Gasteiger partial charge in [-0.3, -0.25) is 4.79 Å². The Bertz CT molecular complexity index is 918. The number of hydrogen-bond acceptors (Lipinski definition) is 6. The van der Waals surface area contributed by atoms with Crippen LogP contribution >= 0.6 is 11.3 Å². The lowest BCUT2D eigenvalue weighted by molar-refractivity contribution is 0.0954. The summed E-state index contributed by atoms with van der Waals surface area (Å²) in [4.78, 5) is 12.8. The van der Waals surface area contributed by atoms with Gasteiger partial charge in [-0.25, -0.2) is 8.42 Å². The Morgan fingerprint density at radius 3 is 2.56 bits per heavy atom. The molecule has 0 spiro atoms. The summed E-state index contributed by atoms with van der Waals surface area (Å²) in [6, 6.07) is 8.38. The van der Waals surface area contributed by atoms with Gasteiger partial charge in [-0.1, -0.05) is 0 Å². The second-order valence-corrected chi connectivity index (χ2v) is 9.34. The van der Waals surface area contributed by atoms with Gasteiger partial charge in [0.1, 0.15) is 15.7 Å². The highest BCUT2D eigenvalue weighted by atomic mass is 32.2. The van der Waals surface area contributed by atoms with Gasteiger partial charge < -0.3 is 14.8 Å². The molecule has 1 fully saturated rings. The van der Waals surface area contributed by atoms with Gasteiger partial charge in [-0.05, 0) is 43.2 Å². The fourth-order valence-electron chi connectivity index (χ4n) is 2.92. The van der Waals surface area contributed by atoms with Gasteiger partial charge in [0.05, 0.1) is 19.1 Å². The number of amides is 1. The molecule has 1 aliphatic heterocycles. The Labute approximate surface area is 163 Å². The summed E-state index contributed by atoms with van der Waals surface area (Å²) >= 11 is 0.990. The summed E-state index contributed by atoms with van der Waals surface area (Å²) in [6.45, 7) is 1.32. The predicted molar refractivity (Wildman–Crippen MR) is 103 cm³/mol. The number of ether oxygens (including phenoxy) is 2. The number of sulfonamides is 1. The molecule has 1 amide bonds. The van der Waals surface area contributed by atoms with Crippen molar-refractivity contribution in [2.24, 2.45) is 0 Å². The molecule has 0 saturated carbocycles. The molecule has 1 N–H and O–H groups in total. The second-order valence-electron chi connectivity index (χ2n) is 6.09. The van der Waals surface area contributed by atoms with Crippen LogP contribution in [0.5, 0.6) is 11.5 Å². The van der Waals surface area contributed by atoms with Crippen molar-refractivity contribution in [2.45, 2.75) is 23.6 Å². The summed E-state index contributed by atoms with van der Waals surface area (Å²) in [5.74, 6) is 0.975. The van der Waals surface area contributed by atoms with Gasteiger partial charge in [-0.2, -0.15) is 4.31 Å². The highest BCUT2D eigenvalue weighted by Crippen LogP contribution is 2.28. The number of methoxy groups -OCH3 is 2. The average molecular weight is 411 g/mol.